The van der Waals surface area contributed by atoms with Gasteiger partial charge in [-0.3, -0.25) is 4.79 Å². The van der Waals surface area contributed by atoms with Crippen molar-refractivity contribution >= 4 is 5.78 Å². The van der Waals surface area contributed by atoms with Crippen molar-refractivity contribution in [1.82, 2.24) is 0 Å². The molecule has 0 bridgehead atoms. The van der Waals surface area contributed by atoms with Crippen molar-refractivity contribution in [2.24, 2.45) is 0 Å². The predicted molar refractivity (Wildman–Crippen MR) is 62.8 cm³/mol. The molecule has 0 aromatic heterocycles. The van der Waals surface area contributed by atoms with Crippen LogP contribution in [-0.4, -0.2) is 12.4 Å². The van der Waals surface area contributed by atoms with Crippen molar-refractivity contribution in [3.63, 3.8) is 0 Å². The Morgan fingerprint density at radius 2 is 1.94 bits per heavy atom. The highest BCUT2D eigenvalue weighted by Crippen LogP contribution is 2.21. The van der Waals surface area contributed by atoms with E-state index in [0.29, 0.717) is 12.2 Å². The molecule has 0 spiro atoms. The maximum Gasteiger partial charge on any atom is 0.163 e. The van der Waals surface area contributed by atoms with Gasteiger partial charge < -0.3 is 4.74 Å². The van der Waals surface area contributed by atoms with Gasteiger partial charge in [0.2, 0.25) is 0 Å². The third kappa shape index (κ3) is 4.11. The van der Waals surface area contributed by atoms with Crippen LogP contribution in [-0.2, 0) is 9.53 Å². The van der Waals surface area contributed by atoms with E-state index in [1.54, 1.807) is 25.1 Å². The molecule has 1 atom stereocenters. The van der Waals surface area contributed by atoms with Crippen LogP contribution in [0.25, 0.3) is 0 Å². The van der Waals surface area contributed by atoms with Crippen molar-refractivity contribution in [2.45, 2.75) is 33.8 Å². The first kappa shape index (κ1) is 14.8. The second kappa shape index (κ2) is 7.99. The van der Waals surface area contributed by atoms with E-state index in [9.17, 15) is 9.18 Å². The molecular weight excluding hydrogens is 207 g/mol. The van der Waals surface area contributed by atoms with Gasteiger partial charge in [0, 0.05) is 12.2 Å². The van der Waals surface area contributed by atoms with Crippen LogP contribution < -0.4 is 0 Å². The van der Waals surface area contributed by atoms with Crippen molar-refractivity contribution < 1.29 is 13.9 Å². The quantitative estimate of drug-likeness (QED) is 0.785. The third-order valence-corrected chi connectivity index (χ3v) is 1.89. The summed E-state index contributed by atoms with van der Waals surface area (Å²) in [6.07, 6.45) is -0.777. The lowest BCUT2D eigenvalue weighted by atomic mass is 10.1. The first-order valence-electron chi connectivity index (χ1n) is 5.53. The third-order valence-electron chi connectivity index (χ3n) is 1.89. The topological polar surface area (TPSA) is 26.3 Å². The van der Waals surface area contributed by atoms with Crippen molar-refractivity contribution in [3.8, 4) is 0 Å². The summed E-state index contributed by atoms with van der Waals surface area (Å²) in [6, 6.07) is 6.16. The summed E-state index contributed by atoms with van der Waals surface area (Å²) in [4.78, 5) is 11.2. The predicted octanol–water partition coefficient (Wildman–Crippen LogP) is 3.52. The molecule has 0 radical (unpaired) electrons. The molecule has 1 aromatic carbocycles. The molecule has 1 unspecified atom stereocenters. The Balaban J connectivity index is 0.00000106. The van der Waals surface area contributed by atoms with Gasteiger partial charge in [0.1, 0.15) is 11.9 Å². The van der Waals surface area contributed by atoms with Gasteiger partial charge in [0.15, 0.2) is 5.78 Å². The largest absolute Gasteiger partial charge is 0.366 e. The fourth-order valence-electron chi connectivity index (χ4n) is 1.28. The zero-order valence-electron chi connectivity index (χ0n) is 10.3. The molecule has 0 N–H and O–H groups in total. The SMILES string of the molecule is CC.CCOC(C(C)=O)c1ccccc1F. The summed E-state index contributed by atoms with van der Waals surface area (Å²) in [5, 5.41) is 0. The first-order chi connectivity index (χ1) is 7.66. The number of hydrogen-bond acceptors (Lipinski definition) is 2. The Bertz CT molecular complexity index is 323. The maximum atomic E-state index is 13.3. The average Bonchev–Trinajstić information content (AvgIpc) is 2.29. The van der Waals surface area contributed by atoms with Crippen molar-refractivity contribution in [1.29, 1.82) is 0 Å². The smallest absolute Gasteiger partial charge is 0.163 e. The molecule has 0 fully saturated rings. The van der Waals surface area contributed by atoms with Crippen LogP contribution in [0.15, 0.2) is 24.3 Å². The van der Waals surface area contributed by atoms with Crippen LogP contribution in [0.4, 0.5) is 4.39 Å². The van der Waals surface area contributed by atoms with Gasteiger partial charge in [-0.2, -0.15) is 0 Å². The molecule has 0 aliphatic heterocycles. The van der Waals surface area contributed by atoms with E-state index in [1.807, 2.05) is 13.8 Å². The van der Waals surface area contributed by atoms with Gasteiger partial charge in [-0.25, -0.2) is 4.39 Å². The van der Waals surface area contributed by atoms with Gasteiger partial charge in [-0.05, 0) is 19.9 Å². The van der Waals surface area contributed by atoms with Gasteiger partial charge in [0.05, 0.1) is 0 Å². The molecule has 0 amide bonds. The monoisotopic (exact) mass is 226 g/mol. The molecule has 90 valence electrons. The summed E-state index contributed by atoms with van der Waals surface area (Å²) in [5.41, 5.74) is 0.307. The molecule has 1 rings (SSSR count). The summed E-state index contributed by atoms with van der Waals surface area (Å²) in [6.45, 7) is 7.56. The molecule has 16 heavy (non-hydrogen) atoms. The fraction of sp³-hybridized carbons (Fsp3) is 0.462. The molecule has 0 saturated carbocycles. The molecule has 0 aliphatic carbocycles. The lowest BCUT2D eigenvalue weighted by Crippen LogP contribution is -2.14. The van der Waals surface area contributed by atoms with E-state index < -0.39 is 11.9 Å². The number of halogens is 1. The minimum atomic E-state index is -0.777. The molecule has 0 saturated heterocycles. The highest BCUT2D eigenvalue weighted by molar-refractivity contribution is 5.81. The molecule has 3 heteroatoms. The number of Topliss-reactive ketones (excluding diaryl/α,β-unsaturated/α-hetero) is 1. The van der Waals surface area contributed by atoms with E-state index in [-0.39, 0.29) is 5.78 Å². The Morgan fingerprint density at radius 1 is 1.38 bits per heavy atom. The fourth-order valence-corrected chi connectivity index (χ4v) is 1.28. The van der Waals surface area contributed by atoms with Crippen LogP contribution in [0.2, 0.25) is 0 Å². The van der Waals surface area contributed by atoms with E-state index in [1.165, 1.54) is 13.0 Å². The number of carbonyl (C=O) groups is 1. The highest BCUT2D eigenvalue weighted by Gasteiger charge is 2.19. The van der Waals surface area contributed by atoms with Crippen LogP contribution in [0.1, 0.15) is 39.4 Å². The molecular formula is C13H19FO2. The summed E-state index contributed by atoms with van der Waals surface area (Å²) < 4.78 is 18.5. The number of carbonyl (C=O) groups excluding carboxylic acids is 1. The lowest BCUT2D eigenvalue weighted by Gasteiger charge is -2.14. The van der Waals surface area contributed by atoms with E-state index in [2.05, 4.69) is 0 Å². The van der Waals surface area contributed by atoms with Gasteiger partial charge in [-0.15, -0.1) is 0 Å². The number of ether oxygens (including phenoxy) is 1. The van der Waals surface area contributed by atoms with Crippen molar-refractivity contribution in [2.75, 3.05) is 6.61 Å². The average molecular weight is 226 g/mol. The minimum absolute atomic E-state index is 0.183. The Kier molecular flexibility index (Phi) is 7.38. The zero-order valence-corrected chi connectivity index (χ0v) is 10.3. The van der Waals surface area contributed by atoms with E-state index in [0.717, 1.165) is 0 Å². The second-order valence-electron chi connectivity index (χ2n) is 2.97. The normalized spacial score (nSPS) is 11.3. The van der Waals surface area contributed by atoms with Gasteiger partial charge in [0.25, 0.3) is 0 Å². The van der Waals surface area contributed by atoms with Crippen LogP contribution in [0.3, 0.4) is 0 Å². The standard InChI is InChI=1S/C11H13FO2.C2H6/c1-3-14-11(8(2)13)9-6-4-5-7-10(9)12;1-2/h4-7,11H,3H2,1-2H3;1-2H3. The minimum Gasteiger partial charge on any atom is -0.366 e. The summed E-state index contributed by atoms with van der Waals surface area (Å²) in [5.74, 6) is -0.585. The number of benzene rings is 1. The Morgan fingerprint density at radius 3 is 2.38 bits per heavy atom. The number of hydrogen-bond donors (Lipinski definition) is 0. The van der Waals surface area contributed by atoms with Gasteiger partial charge >= 0.3 is 0 Å². The number of rotatable bonds is 4. The summed E-state index contributed by atoms with van der Waals surface area (Å²) >= 11 is 0. The number of ketones is 1. The molecule has 2 nitrogen and oxygen atoms in total. The second-order valence-corrected chi connectivity index (χ2v) is 2.97. The molecule has 1 aromatic rings. The Hall–Kier alpha value is -1.22. The molecule has 0 aliphatic rings. The first-order valence-corrected chi connectivity index (χ1v) is 5.53. The summed E-state index contributed by atoms with van der Waals surface area (Å²) in [7, 11) is 0. The highest BCUT2D eigenvalue weighted by atomic mass is 19.1. The maximum absolute atomic E-state index is 13.3. The molecule has 0 heterocycles. The van der Waals surface area contributed by atoms with Crippen LogP contribution in [0, 0.1) is 5.82 Å². The van der Waals surface area contributed by atoms with Crippen molar-refractivity contribution in [3.05, 3.63) is 35.6 Å². The van der Waals surface area contributed by atoms with E-state index in [4.69, 9.17) is 4.74 Å². The lowest BCUT2D eigenvalue weighted by molar-refractivity contribution is -0.128. The zero-order chi connectivity index (χ0) is 12.6. The van der Waals surface area contributed by atoms with Crippen LogP contribution >= 0.6 is 0 Å². The van der Waals surface area contributed by atoms with E-state index >= 15 is 0 Å². The van der Waals surface area contributed by atoms with Crippen LogP contribution in [0.5, 0.6) is 0 Å². The Labute approximate surface area is 96.4 Å². The van der Waals surface area contributed by atoms with Gasteiger partial charge in [-0.1, -0.05) is 32.0 Å².